The highest BCUT2D eigenvalue weighted by molar-refractivity contribution is 6.08. The summed E-state index contributed by atoms with van der Waals surface area (Å²) < 4.78 is 0. The molecule has 0 aliphatic heterocycles. The molecule has 4 aromatic carbocycles. The van der Waals surface area contributed by atoms with Gasteiger partial charge in [-0.3, -0.25) is 9.59 Å². The molecule has 0 bridgehead atoms. The second-order valence-electron chi connectivity index (χ2n) is 7.40. The van der Waals surface area contributed by atoms with E-state index in [0.717, 1.165) is 44.2 Å². The van der Waals surface area contributed by atoms with Gasteiger partial charge >= 0.3 is 0 Å². The van der Waals surface area contributed by atoms with Gasteiger partial charge in [-0.05, 0) is 82.3 Å². The number of fused-ring (bicyclic) bond motifs is 1. The zero-order chi connectivity index (χ0) is 21.4. The van der Waals surface area contributed by atoms with Crippen LogP contribution in [0.15, 0.2) is 60.7 Å². The van der Waals surface area contributed by atoms with Crippen molar-refractivity contribution in [3.63, 3.8) is 0 Å². The fraction of sp³-hybridized carbons (Fsp3) is 0.0769. The molecule has 0 fully saturated rings. The lowest BCUT2D eigenvalue weighted by atomic mass is 9.87. The molecule has 4 rings (SSSR count). The monoisotopic (exact) mass is 396 g/mol. The van der Waals surface area contributed by atoms with Crippen molar-refractivity contribution < 1.29 is 19.8 Å². The smallest absolute Gasteiger partial charge is 0.153 e. The Bertz CT molecular complexity index is 1220. The molecule has 0 aliphatic rings. The van der Waals surface area contributed by atoms with Gasteiger partial charge in [0.1, 0.15) is 11.5 Å². The topological polar surface area (TPSA) is 74.6 Å². The third-order valence-electron chi connectivity index (χ3n) is 5.49. The van der Waals surface area contributed by atoms with Crippen LogP contribution in [0.2, 0.25) is 0 Å². The molecule has 0 aromatic heterocycles. The SMILES string of the molecule is Cc1cc(O)c(C=O)cc1-c1cccc2cccc(-c3cc(C=O)c(O)cc3C)c12. The quantitative estimate of drug-likeness (QED) is 0.426. The van der Waals surface area contributed by atoms with Crippen LogP contribution in [0.3, 0.4) is 0 Å². The van der Waals surface area contributed by atoms with E-state index in [2.05, 4.69) is 0 Å². The van der Waals surface area contributed by atoms with Gasteiger partial charge in [-0.1, -0.05) is 36.4 Å². The molecule has 0 radical (unpaired) electrons. The average Bonchev–Trinajstić information content (AvgIpc) is 2.73. The summed E-state index contributed by atoms with van der Waals surface area (Å²) in [5.74, 6) is -0.0894. The van der Waals surface area contributed by atoms with Crippen molar-refractivity contribution in [3.8, 4) is 33.8 Å². The molecule has 148 valence electrons. The summed E-state index contributed by atoms with van der Waals surface area (Å²) in [5, 5.41) is 22.1. The maximum atomic E-state index is 11.4. The number of hydrogen-bond acceptors (Lipinski definition) is 4. The maximum Gasteiger partial charge on any atom is 0.153 e. The van der Waals surface area contributed by atoms with Crippen molar-refractivity contribution in [2.45, 2.75) is 13.8 Å². The normalized spacial score (nSPS) is 10.9. The van der Waals surface area contributed by atoms with Crippen LogP contribution in [0, 0.1) is 13.8 Å². The summed E-state index contributed by atoms with van der Waals surface area (Å²) in [4.78, 5) is 22.8. The molecular formula is C26H20O4. The van der Waals surface area contributed by atoms with E-state index in [9.17, 15) is 19.8 Å². The van der Waals surface area contributed by atoms with Crippen molar-refractivity contribution >= 4 is 23.3 Å². The Kier molecular flexibility index (Phi) is 4.84. The van der Waals surface area contributed by atoms with Crippen LogP contribution in [0.5, 0.6) is 11.5 Å². The highest BCUT2D eigenvalue weighted by Gasteiger charge is 2.16. The van der Waals surface area contributed by atoms with E-state index >= 15 is 0 Å². The molecule has 0 atom stereocenters. The maximum absolute atomic E-state index is 11.4. The van der Waals surface area contributed by atoms with Crippen molar-refractivity contribution in [1.82, 2.24) is 0 Å². The second-order valence-corrected chi connectivity index (χ2v) is 7.40. The Hall–Kier alpha value is -3.92. The van der Waals surface area contributed by atoms with Crippen LogP contribution in [-0.2, 0) is 0 Å². The molecule has 2 N–H and O–H groups in total. The van der Waals surface area contributed by atoms with Gasteiger partial charge in [0.25, 0.3) is 0 Å². The Balaban J connectivity index is 2.10. The fourth-order valence-electron chi connectivity index (χ4n) is 3.98. The fourth-order valence-corrected chi connectivity index (χ4v) is 3.98. The Morgan fingerprint density at radius 1 is 0.633 bits per heavy atom. The lowest BCUT2D eigenvalue weighted by Gasteiger charge is -2.17. The highest BCUT2D eigenvalue weighted by Crippen LogP contribution is 2.40. The van der Waals surface area contributed by atoms with E-state index in [-0.39, 0.29) is 22.6 Å². The molecule has 4 nitrogen and oxygen atoms in total. The van der Waals surface area contributed by atoms with Crippen LogP contribution >= 0.6 is 0 Å². The van der Waals surface area contributed by atoms with E-state index in [1.165, 1.54) is 0 Å². The largest absolute Gasteiger partial charge is 0.507 e. The molecule has 4 aromatic rings. The predicted octanol–water partition coefficient (Wildman–Crippen LogP) is 5.83. The van der Waals surface area contributed by atoms with Crippen LogP contribution in [0.4, 0.5) is 0 Å². The minimum atomic E-state index is -0.0447. The van der Waals surface area contributed by atoms with Gasteiger partial charge in [-0.15, -0.1) is 0 Å². The summed E-state index contributed by atoms with van der Waals surface area (Å²) in [7, 11) is 0. The standard InChI is InChI=1S/C26H20O4/c1-15-9-24(29)18(13-27)11-22(15)20-7-3-5-17-6-4-8-21(26(17)20)23-12-19(14-28)25(30)10-16(23)2/h3-14,29-30H,1-2H3. The summed E-state index contributed by atoms with van der Waals surface area (Å²) in [6.45, 7) is 3.78. The zero-order valence-electron chi connectivity index (χ0n) is 16.6. The van der Waals surface area contributed by atoms with Crippen molar-refractivity contribution in [1.29, 1.82) is 0 Å². The molecular weight excluding hydrogens is 376 g/mol. The second kappa shape index (κ2) is 7.48. The molecule has 0 heterocycles. The molecule has 0 amide bonds. The molecule has 0 spiro atoms. The van der Waals surface area contributed by atoms with E-state index in [4.69, 9.17) is 0 Å². The van der Waals surface area contributed by atoms with Crippen molar-refractivity contribution in [2.75, 3.05) is 0 Å². The van der Waals surface area contributed by atoms with E-state index in [1.54, 1.807) is 24.3 Å². The summed E-state index contributed by atoms with van der Waals surface area (Å²) in [6, 6.07) is 18.5. The van der Waals surface area contributed by atoms with Gasteiger partial charge in [0.05, 0.1) is 11.1 Å². The number of carbonyl (C=O) groups is 2. The van der Waals surface area contributed by atoms with Crippen LogP contribution < -0.4 is 0 Å². The first-order valence-electron chi connectivity index (χ1n) is 9.54. The molecule has 4 heteroatoms. The lowest BCUT2D eigenvalue weighted by Crippen LogP contribution is -1.93. The Labute approximate surface area is 174 Å². The Morgan fingerprint density at radius 3 is 1.47 bits per heavy atom. The first-order chi connectivity index (χ1) is 14.4. The van der Waals surface area contributed by atoms with E-state index in [0.29, 0.717) is 12.6 Å². The number of benzene rings is 4. The third kappa shape index (κ3) is 3.12. The average molecular weight is 396 g/mol. The van der Waals surface area contributed by atoms with E-state index in [1.807, 2.05) is 50.2 Å². The lowest BCUT2D eigenvalue weighted by molar-refractivity contribution is 0.111. The van der Waals surface area contributed by atoms with Gasteiger partial charge in [0, 0.05) is 0 Å². The number of aldehydes is 2. The molecule has 0 aliphatic carbocycles. The van der Waals surface area contributed by atoms with Crippen molar-refractivity contribution in [2.24, 2.45) is 0 Å². The summed E-state index contributed by atoms with van der Waals surface area (Å²) in [5.41, 5.74) is 5.68. The number of phenolic OH excluding ortho intramolecular Hbond substituents is 2. The number of aromatic hydroxyl groups is 2. The number of hydrogen-bond donors (Lipinski definition) is 2. The first kappa shape index (κ1) is 19.4. The van der Waals surface area contributed by atoms with Crippen LogP contribution in [0.1, 0.15) is 31.8 Å². The Morgan fingerprint density at radius 2 is 1.07 bits per heavy atom. The van der Waals surface area contributed by atoms with Crippen molar-refractivity contribution in [3.05, 3.63) is 82.9 Å². The van der Waals surface area contributed by atoms with Crippen LogP contribution in [0.25, 0.3) is 33.0 Å². The number of aryl methyl sites for hydroxylation is 2. The van der Waals surface area contributed by atoms with Crippen LogP contribution in [-0.4, -0.2) is 22.8 Å². The minimum Gasteiger partial charge on any atom is -0.507 e. The van der Waals surface area contributed by atoms with Gasteiger partial charge < -0.3 is 10.2 Å². The zero-order valence-corrected chi connectivity index (χ0v) is 16.6. The molecule has 0 unspecified atom stereocenters. The molecule has 30 heavy (non-hydrogen) atoms. The molecule has 0 saturated heterocycles. The number of rotatable bonds is 4. The highest BCUT2D eigenvalue weighted by atomic mass is 16.3. The van der Waals surface area contributed by atoms with Gasteiger partial charge in [-0.2, -0.15) is 0 Å². The minimum absolute atomic E-state index is 0.0447. The summed E-state index contributed by atoms with van der Waals surface area (Å²) in [6.07, 6.45) is 1.29. The third-order valence-corrected chi connectivity index (χ3v) is 5.49. The van der Waals surface area contributed by atoms with Gasteiger partial charge in [0.15, 0.2) is 12.6 Å². The van der Waals surface area contributed by atoms with Gasteiger partial charge in [0.2, 0.25) is 0 Å². The summed E-state index contributed by atoms with van der Waals surface area (Å²) >= 11 is 0. The van der Waals surface area contributed by atoms with E-state index < -0.39 is 0 Å². The number of carbonyl (C=O) groups excluding carboxylic acids is 2. The predicted molar refractivity (Wildman–Crippen MR) is 118 cm³/mol. The molecule has 0 saturated carbocycles. The first-order valence-corrected chi connectivity index (χ1v) is 9.54. The number of phenols is 2. The van der Waals surface area contributed by atoms with Gasteiger partial charge in [-0.25, -0.2) is 0 Å².